The molecule has 0 amide bonds. The highest BCUT2D eigenvalue weighted by Gasteiger charge is 2.43. The Morgan fingerprint density at radius 3 is 2.69 bits per heavy atom. The monoisotopic (exact) mass is 239 g/mol. The Morgan fingerprint density at radius 1 is 1.50 bits per heavy atom. The van der Waals surface area contributed by atoms with Gasteiger partial charge in [-0.1, -0.05) is 18.5 Å². The first-order chi connectivity index (χ1) is 7.61. The second kappa shape index (κ2) is 4.27. The van der Waals surface area contributed by atoms with E-state index in [4.69, 9.17) is 22.1 Å². The summed E-state index contributed by atoms with van der Waals surface area (Å²) in [5.41, 5.74) is 7.10. The van der Waals surface area contributed by atoms with Crippen LogP contribution in [-0.2, 0) is 5.41 Å². The number of rotatable bonds is 4. The minimum atomic E-state index is -0.00373. The zero-order valence-corrected chi connectivity index (χ0v) is 10.6. The fraction of sp³-hybridized carbons (Fsp3) is 0.538. The predicted molar refractivity (Wildman–Crippen MR) is 67.1 cm³/mol. The maximum atomic E-state index is 6.07. The highest BCUT2D eigenvalue weighted by atomic mass is 35.5. The molecule has 1 atom stereocenters. The summed E-state index contributed by atoms with van der Waals surface area (Å²) < 4.78 is 5.41. The molecule has 0 aliphatic heterocycles. The van der Waals surface area contributed by atoms with Crippen molar-refractivity contribution in [1.29, 1.82) is 0 Å². The van der Waals surface area contributed by atoms with Gasteiger partial charge in [-0.15, -0.1) is 0 Å². The van der Waals surface area contributed by atoms with Crippen LogP contribution in [0.25, 0.3) is 0 Å². The first-order valence-corrected chi connectivity index (χ1v) is 6.03. The fourth-order valence-corrected chi connectivity index (χ4v) is 2.52. The van der Waals surface area contributed by atoms with E-state index < -0.39 is 0 Å². The number of methoxy groups -OCH3 is 1. The Hall–Kier alpha value is -0.730. The third-order valence-electron chi connectivity index (χ3n) is 3.68. The SMILES string of the molecule is COc1ccc(Cl)cc1C(C)(CN)C1CC1. The Labute approximate surface area is 102 Å². The van der Waals surface area contributed by atoms with Crippen LogP contribution in [0.3, 0.4) is 0 Å². The molecule has 0 radical (unpaired) electrons. The Kier molecular flexibility index (Phi) is 3.13. The standard InChI is InChI=1S/C13H18ClNO/c1-13(8-15,9-3-4-9)11-7-10(14)5-6-12(11)16-2/h5-7,9H,3-4,8,15H2,1-2H3. The summed E-state index contributed by atoms with van der Waals surface area (Å²) in [4.78, 5) is 0. The number of halogens is 1. The summed E-state index contributed by atoms with van der Waals surface area (Å²) in [5, 5.41) is 0.746. The van der Waals surface area contributed by atoms with E-state index in [9.17, 15) is 0 Å². The van der Waals surface area contributed by atoms with E-state index in [-0.39, 0.29) is 5.41 Å². The summed E-state index contributed by atoms with van der Waals surface area (Å²) in [5.74, 6) is 1.56. The molecule has 1 aromatic rings. The van der Waals surface area contributed by atoms with Crippen LogP contribution in [-0.4, -0.2) is 13.7 Å². The molecule has 2 N–H and O–H groups in total. The first-order valence-electron chi connectivity index (χ1n) is 5.66. The van der Waals surface area contributed by atoms with E-state index in [0.29, 0.717) is 12.5 Å². The van der Waals surface area contributed by atoms with Gasteiger partial charge in [0.15, 0.2) is 0 Å². The smallest absolute Gasteiger partial charge is 0.122 e. The molecule has 1 aliphatic carbocycles. The highest BCUT2D eigenvalue weighted by molar-refractivity contribution is 6.30. The molecule has 1 aromatic carbocycles. The molecular formula is C13H18ClNO. The lowest BCUT2D eigenvalue weighted by Crippen LogP contribution is -2.34. The molecule has 16 heavy (non-hydrogen) atoms. The van der Waals surface area contributed by atoms with Crippen molar-refractivity contribution in [3.8, 4) is 5.75 Å². The molecule has 1 fully saturated rings. The van der Waals surface area contributed by atoms with Crippen molar-refractivity contribution in [1.82, 2.24) is 0 Å². The van der Waals surface area contributed by atoms with Gasteiger partial charge >= 0.3 is 0 Å². The summed E-state index contributed by atoms with van der Waals surface area (Å²) in [6.07, 6.45) is 2.51. The molecule has 1 aliphatic rings. The molecule has 0 bridgehead atoms. The van der Waals surface area contributed by atoms with Crippen LogP contribution in [0.4, 0.5) is 0 Å². The number of nitrogens with two attached hydrogens (primary N) is 1. The van der Waals surface area contributed by atoms with Crippen LogP contribution < -0.4 is 10.5 Å². The van der Waals surface area contributed by atoms with Crippen molar-refractivity contribution in [2.45, 2.75) is 25.2 Å². The molecule has 1 unspecified atom stereocenters. The molecule has 0 heterocycles. The van der Waals surface area contributed by atoms with Crippen LogP contribution in [0.15, 0.2) is 18.2 Å². The van der Waals surface area contributed by atoms with Gasteiger partial charge in [-0.25, -0.2) is 0 Å². The molecule has 3 heteroatoms. The van der Waals surface area contributed by atoms with Gasteiger partial charge in [-0.2, -0.15) is 0 Å². The predicted octanol–water partition coefficient (Wildman–Crippen LogP) is 2.98. The maximum Gasteiger partial charge on any atom is 0.122 e. The Bertz CT molecular complexity index is 390. The van der Waals surface area contributed by atoms with E-state index >= 15 is 0 Å². The van der Waals surface area contributed by atoms with Gasteiger partial charge in [0.2, 0.25) is 0 Å². The molecule has 0 spiro atoms. The van der Waals surface area contributed by atoms with Gasteiger partial charge in [0.1, 0.15) is 5.75 Å². The van der Waals surface area contributed by atoms with Gasteiger partial charge in [0.25, 0.3) is 0 Å². The van der Waals surface area contributed by atoms with E-state index in [2.05, 4.69) is 6.92 Å². The third-order valence-corrected chi connectivity index (χ3v) is 3.91. The quantitative estimate of drug-likeness (QED) is 0.877. The largest absolute Gasteiger partial charge is 0.496 e. The van der Waals surface area contributed by atoms with Crippen molar-refractivity contribution in [3.05, 3.63) is 28.8 Å². The topological polar surface area (TPSA) is 35.2 Å². The van der Waals surface area contributed by atoms with E-state index in [1.165, 1.54) is 12.8 Å². The second-order valence-electron chi connectivity index (χ2n) is 4.74. The minimum absolute atomic E-state index is 0.00373. The van der Waals surface area contributed by atoms with Crippen molar-refractivity contribution >= 4 is 11.6 Å². The van der Waals surface area contributed by atoms with Gasteiger partial charge in [0, 0.05) is 22.5 Å². The number of hydrogen-bond donors (Lipinski definition) is 1. The average Bonchev–Trinajstić information content (AvgIpc) is 3.12. The van der Waals surface area contributed by atoms with Crippen molar-refractivity contribution in [2.75, 3.05) is 13.7 Å². The van der Waals surface area contributed by atoms with Gasteiger partial charge < -0.3 is 10.5 Å². The summed E-state index contributed by atoms with van der Waals surface area (Å²) in [7, 11) is 1.69. The first kappa shape index (κ1) is 11.7. The Balaban J connectivity index is 2.47. The third kappa shape index (κ3) is 1.92. The summed E-state index contributed by atoms with van der Waals surface area (Å²) in [6, 6.07) is 5.77. The Morgan fingerprint density at radius 2 is 2.19 bits per heavy atom. The number of ether oxygens (including phenoxy) is 1. The van der Waals surface area contributed by atoms with Crippen LogP contribution >= 0.6 is 11.6 Å². The van der Waals surface area contributed by atoms with Gasteiger partial charge in [-0.3, -0.25) is 0 Å². The van der Waals surface area contributed by atoms with E-state index in [1.807, 2.05) is 18.2 Å². The maximum absolute atomic E-state index is 6.07. The zero-order chi connectivity index (χ0) is 11.8. The van der Waals surface area contributed by atoms with Crippen LogP contribution in [0.1, 0.15) is 25.3 Å². The molecule has 0 saturated heterocycles. The molecule has 0 aromatic heterocycles. The highest BCUT2D eigenvalue weighted by Crippen LogP contribution is 2.49. The lowest BCUT2D eigenvalue weighted by molar-refractivity contribution is 0.366. The van der Waals surface area contributed by atoms with Crippen molar-refractivity contribution < 1.29 is 4.74 Å². The lowest BCUT2D eigenvalue weighted by atomic mass is 9.77. The van der Waals surface area contributed by atoms with E-state index in [1.54, 1.807) is 7.11 Å². The number of hydrogen-bond acceptors (Lipinski definition) is 2. The zero-order valence-electron chi connectivity index (χ0n) is 9.79. The molecule has 88 valence electrons. The van der Waals surface area contributed by atoms with Crippen LogP contribution in [0.5, 0.6) is 5.75 Å². The van der Waals surface area contributed by atoms with Crippen molar-refractivity contribution in [2.24, 2.45) is 11.7 Å². The molecule has 2 rings (SSSR count). The normalized spacial score (nSPS) is 19.2. The van der Waals surface area contributed by atoms with Gasteiger partial charge in [0.05, 0.1) is 7.11 Å². The lowest BCUT2D eigenvalue weighted by Gasteiger charge is -2.30. The van der Waals surface area contributed by atoms with Crippen LogP contribution in [0.2, 0.25) is 5.02 Å². The number of benzene rings is 1. The molecule has 2 nitrogen and oxygen atoms in total. The average molecular weight is 240 g/mol. The molecule has 1 saturated carbocycles. The van der Waals surface area contributed by atoms with Crippen molar-refractivity contribution in [3.63, 3.8) is 0 Å². The second-order valence-corrected chi connectivity index (χ2v) is 5.18. The van der Waals surface area contributed by atoms with Crippen LogP contribution in [0, 0.1) is 5.92 Å². The van der Waals surface area contributed by atoms with Gasteiger partial charge in [-0.05, 0) is 37.0 Å². The minimum Gasteiger partial charge on any atom is -0.496 e. The fourth-order valence-electron chi connectivity index (χ4n) is 2.34. The summed E-state index contributed by atoms with van der Waals surface area (Å²) >= 11 is 6.07. The summed E-state index contributed by atoms with van der Waals surface area (Å²) in [6.45, 7) is 2.84. The molecular weight excluding hydrogens is 222 g/mol. The van der Waals surface area contributed by atoms with E-state index in [0.717, 1.165) is 16.3 Å².